The molecule has 0 aliphatic carbocycles. The molecule has 41 heavy (non-hydrogen) atoms. The first-order valence-corrected chi connectivity index (χ1v) is 28.9. The Hall–Kier alpha value is 0.841. The molecule has 0 aromatic heterocycles. The third-order valence-corrected chi connectivity index (χ3v) is 14.6. The van der Waals surface area contributed by atoms with E-state index in [0.29, 0.717) is 35.2 Å². The Labute approximate surface area is 288 Å². The summed E-state index contributed by atoms with van der Waals surface area (Å²) in [6.07, 6.45) is 4.78. The monoisotopic (exact) mass is 784 g/mol. The van der Waals surface area contributed by atoms with Crippen LogP contribution in [0.25, 0.3) is 0 Å². The summed E-state index contributed by atoms with van der Waals surface area (Å²) in [4.78, 5) is 0. The molecule has 0 amide bonds. The van der Waals surface area contributed by atoms with Gasteiger partial charge in [-0.05, 0) is 73.3 Å². The Morgan fingerprint density at radius 1 is 0.415 bits per heavy atom. The highest BCUT2D eigenvalue weighted by atomic mass is 35.9. The van der Waals surface area contributed by atoms with E-state index in [-0.39, 0.29) is 0 Å². The van der Waals surface area contributed by atoms with Crippen LogP contribution < -0.4 is 4.65 Å². The molecule has 1 N–H and O–H groups in total. The molecule has 0 aliphatic rings. The molecule has 14 heteroatoms. The van der Waals surface area contributed by atoms with Crippen molar-refractivity contribution in [3.8, 4) is 0 Å². The van der Waals surface area contributed by atoms with Gasteiger partial charge >= 0.3 is 18.0 Å². The van der Waals surface area contributed by atoms with Crippen molar-refractivity contribution in [1.82, 2.24) is 4.65 Å². The van der Waals surface area contributed by atoms with E-state index in [4.69, 9.17) is 99.7 Å². The zero-order chi connectivity index (χ0) is 30.3. The lowest BCUT2D eigenvalue weighted by molar-refractivity contribution is 0.0350. The predicted molar refractivity (Wildman–Crippen MR) is 192 cm³/mol. The van der Waals surface area contributed by atoms with Crippen LogP contribution in [0.15, 0.2) is 72.8 Å². The van der Waals surface area contributed by atoms with Crippen molar-refractivity contribution in [2.75, 3.05) is 0 Å². The third-order valence-electron chi connectivity index (χ3n) is 6.71. The highest BCUT2D eigenvalue weighted by Gasteiger charge is 2.36. The summed E-state index contributed by atoms with van der Waals surface area (Å²) in [5, 5.41) is 12.3. The first-order chi connectivity index (χ1) is 19.1. The average molecular weight is 789 g/mol. The lowest BCUT2D eigenvalue weighted by Crippen LogP contribution is -2.34. The van der Waals surface area contributed by atoms with Crippen molar-refractivity contribution in [2.24, 2.45) is 0 Å². The number of aryl methyl sites for hydroxylation is 3. The van der Waals surface area contributed by atoms with Gasteiger partial charge in [0, 0.05) is 36.4 Å². The van der Waals surface area contributed by atoms with Gasteiger partial charge in [0.05, 0.1) is 0 Å². The van der Waals surface area contributed by atoms with E-state index >= 15 is 0 Å². The molecule has 0 heterocycles. The molecule has 0 saturated carbocycles. The van der Waals surface area contributed by atoms with Crippen LogP contribution in [0, 0.1) is 0 Å². The van der Waals surface area contributed by atoms with Crippen molar-refractivity contribution in [3.05, 3.63) is 89.5 Å². The Balaban J connectivity index is 1.87. The highest BCUT2D eigenvalue weighted by molar-refractivity contribution is 7.65. The molecule has 0 aliphatic heterocycles. The SMILES string of the molecule is O[N+](c1ccc(CCC[Si](Cl)(Cl)Cl)cc1)(c1ccc(CCC[Si](Cl)(Cl)Cl)cc1)c1ccc(CCC[Si](Cl)(Cl)Cl)cc1. The van der Waals surface area contributed by atoms with Gasteiger partial charge in [-0.25, -0.2) is 5.21 Å². The van der Waals surface area contributed by atoms with Crippen LogP contribution in [-0.2, 0) is 19.3 Å². The first-order valence-electron chi connectivity index (χ1n) is 13.2. The molecule has 0 atom stereocenters. The number of rotatable bonds is 15. The van der Waals surface area contributed by atoms with Crippen molar-refractivity contribution in [1.29, 1.82) is 0 Å². The second kappa shape index (κ2) is 15.9. The maximum absolute atomic E-state index is 12.3. The fourth-order valence-corrected chi connectivity index (χ4v) is 9.90. The molecule has 0 fully saturated rings. The molecule has 3 aromatic carbocycles. The fourth-order valence-electron chi connectivity index (χ4n) is 4.56. The van der Waals surface area contributed by atoms with Gasteiger partial charge in [0.25, 0.3) is 0 Å². The molecule has 3 aromatic rings. The average Bonchev–Trinajstić information content (AvgIpc) is 2.87. The molecule has 0 unspecified atom stereocenters. The number of halogens is 9. The quantitative estimate of drug-likeness (QED) is 0.0704. The summed E-state index contributed by atoms with van der Waals surface area (Å²) in [5.74, 6) is 0. The Kier molecular flexibility index (Phi) is 14.1. The third kappa shape index (κ3) is 12.6. The topological polar surface area (TPSA) is 20.2 Å². The smallest absolute Gasteiger partial charge is 0.200 e. The minimum Gasteiger partial charge on any atom is -0.200 e. The van der Waals surface area contributed by atoms with E-state index in [0.717, 1.165) is 55.2 Å². The van der Waals surface area contributed by atoms with Crippen LogP contribution >= 0.6 is 99.7 Å². The molecule has 0 spiro atoms. The molecule has 0 saturated heterocycles. The second-order valence-electron chi connectivity index (χ2n) is 10.0. The molecule has 3 rings (SSSR count). The zero-order valence-electron chi connectivity index (χ0n) is 22.1. The lowest BCUT2D eigenvalue weighted by Gasteiger charge is -2.29. The summed E-state index contributed by atoms with van der Waals surface area (Å²) in [5.41, 5.74) is 5.45. The summed E-state index contributed by atoms with van der Waals surface area (Å²) >= 11 is 54.4. The molecular formula is C27H31Cl9NOSi3+. The Morgan fingerprint density at radius 2 is 0.634 bits per heavy atom. The van der Waals surface area contributed by atoms with Gasteiger partial charge in [-0.2, -0.15) is 0 Å². The molecule has 0 bridgehead atoms. The maximum atomic E-state index is 12.3. The summed E-state index contributed by atoms with van der Waals surface area (Å²) in [6, 6.07) is 17.6. The van der Waals surface area contributed by atoms with Crippen molar-refractivity contribution < 1.29 is 5.21 Å². The highest BCUT2D eigenvalue weighted by Crippen LogP contribution is 2.42. The maximum Gasteiger partial charge on any atom is 0.341 e. The van der Waals surface area contributed by atoms with Crippen LogP contribution in [0.2, 0.25) is 18.1 Å². The summed E-state index contributed by atoms with van der Waals surface area (Å²) in [6.45, 7) is 0. The van der Waals surface area contributed by atoms with Crippen molar-refractivity contribution in [2.45, 2.75) is 56.7 Å². The number of quaternary nitrogens is 1. The van der Waals surface area contributed by atoms with E-state index in [9.17, 15) is 5.21 Å². The Morgan fingerprint density at radius 3 is 0.829 bits per heavy atom. The first kappa shape index (κ1) is 36.3. The van der Waals surface area contributed by atoms with Gasteiger partial charge in [0.2, 0.25) is 0 Å². The van der Waals surface area contributed by atoms with Gasteiger partial charge in [0.1, 0.15) is 0 Å². The van der Waals surface area contributed by atoms with Crippen LogP contribution in [-0.4, -0.2) is 23.2 Å². The minimum atomic E-state index is -2.65. The van der Waals surface area contributed by atoms with Crippen LogP contribution in [0.4, 0.5) is 17.1 Å². The van der Waals surface area contributed by atoms with Crippen molar-refractivity contribution >= 4 is 135 Å². The Bertz CT molecular complexity index is 1070. The number of benzene rings is 3. The van der Waals surface area contributed by atoms with E-state index in [1.165, 1.54) is 0 Å². The fraction of sp³-hybridized carbons (Fsp3) is 0.333. The summed E-state index contributed by atoms with van der Waals surface area (Å²) < 4.78 is -0.496. The van der Waals surface area contributed by atoms with Gasteiger partial charge in [-0.1, -0.05) is 41.0 Å². The predicted octanol–water partition coefficient (Wildman–Crippen LogP) is 12.8. The van der Waals surface area contributed by atoms with Crippen molar-refractivity contribution in [3.63, 3.8) is 0 Å². The van der Waals surface area contributed by atoms with Gasteiger partial charge in [-0.15, -0.1) is 99.7 Å². The van der Waals surface area contributed by atoms with Crippen LogP contribution in [0.3, 0.4) is 0 Å². The number of hydrogen-bond acceptors (Lipinski definition) is 1. The minimum absolute atomic E-state index is 0.496. The van der Waals surface area contributed by atoms with Gasteiger partial charge < -0.3 is 0 Å². The largest absolute Gasteiger partial charge is 0.341 e. The number of nitrogens with zero attached hydrogens (tertiary/aromatic N) is 1. The normalized spacial score (nSPS) is 13.0. The van der Waals surface area contributed by atoms with E-state index in [1.54, 1.807) is 0 Å². The zero-order valence-corrected chi connectivity index (χ0v) is 31.9. The van der Waals surface area contributed by atoms with Crippen LogP contribution in [0.1, 0.15) is 36.0 Å². The van der Waals surface area contributed by atoms with Crippen LogP contribution in [0.5, 0.6) is 0 Å². The molecular weight excluding hydrogens is 758 g/mol. The van der Waals surface area contributed by atoms with Gasteiger partial charge in [0.15, 0.2) is 17.1 Å². The standard InChI is InChI=1S/C27H31Cl9NOSi3/c28-39(29,30)19-1-4-22-7-13-25(14-8-22)37(38,26-15-9-23(10-16-26)5-2-20-40(31,32)33)27-17-11-24(12-18-27)6-3-21-41(34,35)36/h7-18,38H,1-6,19-21H2/q+1. The van der Waals surface area contributed by atoms with E-state index in [2.05, 4.69) is 0 Å². The molecule has 0 radical (unpaired) electrons. The van der Waals surface area contributed by atoms with E-state index in [1.807, 2.05) is 72.8 Å². The van der Waals surface area contributed by atoms with Gasteiger partial charge in [-0.3, -0.25) is 0 Å². The number of hydrogen-bond donors (Lipinski definition) is 1. The second-order valence-corrected chi connectivity index (χ2v) is 37.9. The lowest BCUT2D eigenvalue weighted by atomic mass is 10.1. The molecule has 224 valence electrons. The van der Waals surface area contributed by atoms with E-state index < -0.39 is 22.7 Å². The molecule has 2 nitrogen and oxygen atoms in total. The summed E-state index contributed by atoms with van der Waals surface area (Å²) in [7, 11) is 0.